The van der Waals surface area contributed by atoms with Crippen molar-refractivity contribution in [1.29, 1.82) is 0 Å². The van der Waals surface area contributed by atoms with E-state index < -0.39 is 0 Å². The molecular weight excluding hydrogens is 448 g/mol. The Morgan fingerprint density at radius 2 is 2.14 bits per heavy atom. The Morgan fingerprint density at radius 3 is 2.92 bits per heavy atom. The monoisotopic (exact) mass is 480 g/mol. The first-order valence-electron chi connectivity index (χ1n) is 12.3. The first-order valence-corrected chi connectivity index (χ1v) is 12.3. The second kappa shape index (κ2) is 10.3. The molecule has 1 fully saturated rings. The molecule has 0 saturated carbocycles. The number of hydrogen-bond donors (Lipinski definition) is 3. The number of aromatic nitrogens is 4. The van der Waals surface area contributed by atoms with Gasteiger partial charge in [-0.15, -0.1) is 0 Å². The van der Waals surface area contributed by atoms with E-state index in [-0.39, 0.29) is 0 Å². The van der Waals surface area contributed by atoms with Crippen LogP contribution in [0.3, 0.4) is 0 Å². The maximum atomic E-state index is 4.74. The fourth-order valence-corrected chi connectivity index (χ4v) is 4.54. The van der Waals surface area contributed by atoms with Crippen molar-refractivity contribution in [3.8, 4) is 0 Å². The van der Waals surface area contributed by atoms with E-state index in [2.05, 4.69) is 80.8 Å². The molecule has 184 valence electrons. The SMILES string of the molecule is C=c1cnc(NC2CCNC2)n/c1=C(/N=C\C)Nc1ccc(Cc2ccc3c(c2)ncn3C)c(C)c1. The molecule has 1 atom stereocenters. The van der Waals surface area contributed by atoms with Crippen molar-refractivity contribution in [3.63, 3.8) is 0 Å². The van der Waals surface area contributed by atoms with Gasteiger partial charge in [-0.05, 0) is 74.2 Å². The van der Waals surface area contributed by atoms with E-state index in [1.165, 1.54) is 16.7 Å². The van der Waals surface area contributed by atoms with E-state index in [4.69, 9.17) is 4.98 Å². The van der Waals surface area contributed by atoms with Crippen LogP contribution in [0, 0.1) is 6.92 Å². The van der Waals surface area contributed by atoms with E-state index in [0.717, 1.165) is 47.9 Å². The number of benzene rings is 2. The van der Waals surface area contributed by atoms with E-state index in [9.17, 15) is 0 Å². The Kier molecular flexibility index (Phi) is 6.77. The maximum absolute atomic E-state index is 4.74. The molecule has 3 heterocycles. The third-order valence-corrected chi connectivity index (χ3v) is 6.53. The van der Waals surface area contributed by atoms with Gasteiger partial charge in [0, 0.05) is 43.0 Å². The quantitative estimate of drug-likeness (QED) is 0.352. The van der Waals surface area contributed by atoms with Gasteiger partial charge >= 0.3 is 0 Å². The maximum Gasteiger partial charge on any atom is 0.223 e. The largest absolute Gasteiger partial charge is 0.350 e. The van der Waals surface area contributed by atoms with Crippen LogP contribution in [0.15, 0.2) is 53.9 Å². The smallest absolute Gasteiger partial charge is 0.223 e. The Hall–Kier alpha value is -4.04. The molecule has 2 aromatic carbocycles. The number of nitrogens with zero attached hydrogens (tertiary/aromatic N) is 5. The molecule has 0 amide bonds. The van der Waals surface area contributed by atoms with Gasteiger partial charge in [0.15, 0.2) is 5.82 Å². The molecule has 1 saturated heterocycles. The highest BCUT2D eigenvalue weighted by Crippen LogP contribution is 2.22. The van der Waals surface area contributed by atoms with Gasteiger partial charge in [-0.1, -0.05) is 18.7 Å². The summed E-state index contributed by atoms with van der Waals surface area (Å²) >= 11 is 0. The zero-order valence-electron chi connectivity index (χ0n) is 21.0. The van der Waals surface area contributed by atoms with Crippen molar-refractivity contribution in [3.05, 3.63) is 76.2 Å². The Bertz CT molecular complexity index is 1530. The Balaban J connectivity index is 1.40. The number of hydrogen-bond acceptors (Lipinski definition) is 7. The van der Waals surface area contributed by atoms with Crippen LogP contribution in [-0.4, -0.2) is 44.9 Å². The molecule has 1 unspecified atom stereocenters. The fourth-order valence-electron chi connectivity index (χ4n) is 4.54. The average Bonchev–Trinajstić information content (AvgIpc) is 3.51. The third kappa shape index (κ3) is 5.13. The lowest BCUT2D eigenvalue weighted by molar-refractivity contribution is 0.778. The minimum absolute atomic E-state index is 0.327. The second-order valence-electron chi connectivity index (χ2n) is 9.26. The van der Waals surface area contributed by atoms with Crippen LogP contribution >= 0.6 is 0 Å². The van der Waals surface area contributed by atoms with Crippen LogP contribution in [0.4, 0.5) is 11.6 Å². The summed E-state index contributed by atoms with van der Waals surface area (Å²) in [4.78, 5) is 18.2. The molecule has 1 aliphatic heterocycles. The summed E-state index contributed by atoms with van der Waals surface area (Å²) in [5.74, 6) is 1.23. The first-order chi connectivity index (χ1) is 17.5. The zero-order chi connectivity index (χ0) is 25.1. The van der Waals surface area contributed by atoms with Crippen LogP contribution in [0.1, 0.15) is 30.0 Å². The number of aliphatic imine (C=N–C) groups is 1. The van der Waals surface area contributed by atoms with Gasteiger partial charge in [-0.25, -0.2) is 19.9 Å². The topological polar surface area (TPSA) is 92.1 Å². The first kappa shape index (κ1) is 23.7. The molecule has 2 aromatic heterocycles. The minimum Gasteiger partial charge on any atom is -0.350 e. The van der Waals surface area contributed by atoms with E-state index in [1.807, 2.05) is 24.9 Å². The predicted molar refractivity (Wildman–Crippen MR) is 148 cm³/mol. The Labute approximate surface area is 210 Å². The van der Waals surface area contributed by atoms with Gasteiger partial charge in [0.25, 0.3) is 0 Å². The van der Waals surface area contributed by atoms with Crippen molar-refractivity contribution < 1.29 is 0 Å². The van der Waals surface area contributed by atoms with Crippen molar-refractivity contribution in [2.24, 2.45) is 12.0 Å². The molecule has 3 N–H and O–H groups in total. The number of fused-ring (bicyclic) bond motifs is 1. The van der Waals surface area contributed by atoms with Gasteiger partial charge < -0.3 is 20.5 Å². The molecule has 0 radical (unpaired) electrons. The summed E-state index contributed by atoms with van der Waals surface area (Å²) in [5, 5.41) is 11.6. The van der Waals surface area contributed by atoms with E-state index >= 15 is 0 Å². The average molecular weight is 481 g/mol. The van der Waals surface area contributed by atoms with E-state index in [1.54, 1.807) is 12.4 Å². The predicted octanol–water partition coefficient (Wildman–Crippen LogP) is 2.72. The molecule has 4 aromatic rings. The van der Waals surface area contributed by atoms with Gasteiger partial charge in [0.2, 0.25) is 5.95 Å². The molecule has 0 aliphatic carbocycles. The second-order valence-corrected chi connectivity index (χ2v) is 9.26. The summed E-state index contributed by atoms with van der Waals surface area (Å²) < 4.78 is 2.04. The number of rotatable bonds is 7. The highest BCUT2D eigenvalue weighted by Gasteiger charge is 2.15. The van der Waals surface area contributed by atoms with Gasteiger partial charge in [-0.3, -0.25) is 0 Å². The fraction of sp³-hybridized carbons (Fsp3) is 0.286. The van der Waals surface area contributed by atoms with E-state index in [0.29, 0.717) is 23.2 Å². The lowest BCUT2D eigenvalue weighted by atomic mass is 9.99. The lowest BCUT2D eigenvalue weighted by Crippen LogP contribution is -2.34. The Morgan fingerprint density at radius 1 is 1.25 bits per heavy atom. The van der Waals surface area contributed by atoms with Crippen molar-refractivity contribution in [1.82, 2.24) is 24.8 Å². The number of aryl methyl sites for hydroxylation is 2. The summed E-state index contributed by atoms with van der Waals surface area (Å²) in [5.41, 5.74) is 6.83. The zero-order valence-corrected chi connectivity index (χ0v) is 21.0. The normalized spacial score (nSPS) is 16.6. The summed E-state index contributed by atoms with van der Waals surface area (Å²) in [6.07, 6.45) is 7.25. The lowest BCUT2D eigenvalue weighted by Gasteiger charge is -2.13. The number of anilines is 2. The van der Waals surface area contributed by atoms with Gasteiger partial charge in [0.05, 0.1) is 17.4 Å². The molecule has 5 rings (SSSR count). The highest BCUT2D eigenvalue weighted by molar-refractivity contribution is 5.76. The molecular formula is C28H32N8. The van der Waals surface area contributed by atoms with Crippen LogP contribution in [0.5, 0.6) is 0 Å². The molecule has 8 heteroatoms. The van der Waals surface area contributed by atoms with Crippen molar-refractivity contribution in [2.45, 2.75) is 32.7 Å². The van der Waals surface area contributed by atoms with Crippen LogP contribution in [0.2, 0.25) is 0 Å². The van der Waals surface area contributed by atoms with Crippen LogP contribution in [0.25, 0.3) is 23.4 Å². The molecule has 1 aliphatic rings. The summed E-state index contributed by atoms with van der Waals surface area (Å²) in [7, 11) is 2.02. The van der Waals surface area contributed by atoms with Crippen LogP contribution in [-0.2, 0) is 13.5 Å². The molecule has 8 nitrogen and oxygen atoms in total. The molecule has 36 heavy (non-hydrogen) atoms. The standard InChI is InChI=1S/C28H32N8/c1-5-30-27(26-19(3)15-31-28(35-26)34-23-10-11-29-16-23)33-22-8-7-21(18(2)12-22)13-20-6-9-25-24(14-20)32-17-36(25)4/h5-9,12,14-15,17,23,29,33H,3,10-11,13,16H2,1-2,4H3,(H,34,35)/b27-26-,30-5-. The summed E-state index contributed by atoms with van der Waals surface area (Å²) in [6.45, 7) is 10.1. The number of imidazole rings is 1. The molecule has 0 spiro atoms. The van der Waals surface area contributed by atoms with Gasteiger partial charge in [0.1, 0.15) is 5.35 Å². The van der Waals surface area contributed by atoms with Gasteiger partial charge in [-0.2, -0.15) is 0 Å². The highest BCUT2D eigenvalue weighted by atomic mass is 15.2. The van der Waals surface area contributed by atoms with Crippen molar-refractivity contribution in [2.75, 3.05) is 23.7 Å². The number of nitrogens with one attached hydrogen (secondary N) is 3. The minimum atomic E-state index is 0.327. The third-order valence-electron chi connectivity index (χ3n) is 6.53. The summed E-state index contributed by atoms with van der Waals surface area (Å²) in [6, 6.07) is 13.2. The van der Waals surface area contributed by atoms with Crippen LogP contribution < -0.4 is 26.5 Å². The van der Waals surface area contributed by atoms with Crippen molar-refractivity contribution >= 4 is 41.3 Å². The molecule has 0 bridgehead atoms.